The molecule has 0 aromatic heterocycles. The monoisotopic (exact) mass is 609 g/mol. The van der Waals surface area contributed by atoms with Crippen molar-refractivity contribution < 1.29 is 0 Å². The summed E-state index contributed by atoms with van der Waals surface area (Å²) in [4.78, 5) is 5.06. The molecule has 11 rings (SSSR count). The predicted molar refractivity (Wildman–Crippen MR) is 196 cm³/mol. The van der Waals surface area contributed by atoms with Crippen molar-refractivity contribution >= 4 is 11.4 Å². The van der Waals surface area contributed by atoms with Gasteiger partial charge < -0.3 is 0 Å². The highest BCUT2D eigenvalue weighted by Gasteiger charge is 2.58. The molecule has 1 heterocycles. The lowest BCUT2D eigenvalue weighted by Crippen LogP contribution is -2.43. The first-order valence-corrected chi connectivity index (χ1v) is 17.1. The first kappa shape index (κ1) is 26.3. The molecule has 0 saturated carbocycles. The molecule has 224 valence electrons. The number of para-hydroxylation sites is 1. The Kier molecular flexibility index (Phi) is 5.15. The maximum Gasteiger partial charge on any atom is 0.0720 e. The van der Waals surface area contributed by atoms with Crippen LogP contribution in [0.3, 0.4) is 0 Å². The summed E-state index contributed by atoms with van der Waals surface area (Å²) in [5.74, 6) is 0. The average Bonchev–Trinajstić information content (AvgIpc) is 3.78. The molecule has 48 heavy (non-hydrogen) atoms. The fourth-order valence-electron chi connectivity index (χ4n) is 9.93. The van der Waals surface area contributed by atoms with E-state index in [2.05, 4.69) is 164 Å². The van der Waals surface area contributed by atoms with Gasteiger partial charge in [0.25, 0.3) is 0 Å². The summed E-state index contributed by atoms with van der Waals surface area (Å²) in [5.41, 5.74) is 20.5. The van der Waals surface area contributed by atoms with Crippen molar-refractivity contribution in [3.63, 3.8) is 0 Å². The van der Waals surface area contributed by atoms with Crippen molar-refractivity contribution in [2.75, 3.05) is 0 Å². The van der Waals surface area contributed by atoms with Crippen molar-refractivity contribution in [2.24, 2.45) is 4.99 Å². The highest BCUT2D eigenvalue weighted by molar-refractivity contribution is 5.97. The molecule has 0 bridgehead atoms. The van der Waals surface area contributed by atoms with Gasteiger partial charge in [-0.2, -0.15) is 0 Å². The van der Waals surface area contributed by atoms with E-state index in [1.165, 1.54) is 83.6 Å². The zero-order valence-electron chi connectivity index (χ0n) is 26.4. The van der Waals surface area contributed by atoms with Crippen molar-refractivity contribution in [3.8, 4) is 22.3 Å². The lowest BCUT2D eigenvalue weighted by atomic mass is 9.52. The summed E-state index contributed by atoms with van der Waals surface area (Å²) in [6, 6.07) is 61.8. The second kappa shape index (κ2) is 9.40. The third-order valence-electron chi connectivity index (χ3n) is 11.6. The van der Waals surface area contributed by atoms with E-state index in [0.29, 0.717) is 0 Å². The normalized spacial score (nSPS) is 16.0. The summed E-state index contributed by atoms with van der Waals surface area (Å²) in [6.45, 7) is 0. The van der Waals surface area contributed by atoms with E-state index in [0.717, 1.165) is 18.5 Å². The molecular weight excluding hydrogens is 579 g/mol. The summed E-state index contributed by atoms with van der Waals surface area (Å²) < 4.78 is 0. The van der Waals surface area contributed by atoms with Crippen LogP contribution in [0.1, 0.15) is 55.6 Å². The molecule has 0 N–H and O–H groups in total. The van der Waals surface area contributed by atoms with E-state index in [1.54, 1.807) is 0 Å². The van der Waals surface area contributed by atoms with E-state index >= 15 is 0 Å². The Hall–Kier alpha value is -5.79. The second-order valence-corrected chi connectivity index (χ2v) is 13.8. The average molecular weight is 610 g/mol. The summed E-state index contributed by atoms with van der Waals surface area (Å²) in [5, 5.41) is 0. The van der Waals surface area contributed by atoms with Crippen LogP contribution in [-0.4, -0.2) is 5.71 Å². The minimum absolute atomic E-state index is 0.411. The Morgan fingerprint density at radius 2 is 0.812 bits per heavy atom. The number of hydrogen-bond donors (Lipinski definition) is 0. The highest BCUT2D eigenvalue weighted by Crippen LogP contribution is 2.67. The van der Waals surface area contributed by atoms with Crippen molar-refractivity contribution in [3.05, 3.63) is 219 Å². The Labute approximate surface area is 280 Å². The molecule has 0 amide bonds. The lowest BCUT2D eigenvalue weighted by Gasteiger charge is -2.48. The molecule has 0 saturated heterocycles. The van der Waals surface area contributed by atoms with Crippen LogP contribution >= 0.6 is 0 Å². The van der Waals surface area contributed by atoms with Crippen molar-refractivity contribution in [2.45, 2.75) is 23.7 Å². The maximum atomic E-state index is 5.06. The van der Waals surface area contributed by atoms with Crippen LogP contribution in [-0.2, 0) is 23.7 Å². The quantitative estimate of drug-likeness (QED) is 0.185. The third-order valence-corrected chi connectivity index (χ3v) is 11.6. The van der Waals surface area contributed by atoms with Crippen LogP contribution in [0.5, 0.6) is 0 Å². The molecule has 0 fully saturated rings. The molecule has 7 aromatic rings. The minimum Gasteiger partial charge on any atom is -0.257 e. The first-order valence-electron chi connectivity index (χ1n) is 17.1. The van der Waals surface area contributed by atoms with Crippen LogP contribution in [0.4, 0.5) is 5.69 Å². The van der Waals surface area contributed by atoms with E-state index < -0.39 is 10.8 Å². The summed E-state index contributed by atoms with van der Waals surface area (Å²) in [6.07, 6.45) is 1.77. The number of nitrogens with zero attached hydrogens (tertiary/aromatic N) is 1. The highest BCUT2D eigenvalue weighted by atomic mass is 14.8. The molecule has 1 aliphatic heterocycles. The molecular formula is C47H31N. The van der Waals surface area contributed by atoms with Gasteiger partial charge in [-0.15, -0.1) is 0 Å². The van der Waals surface area contributed by atoms with Gasteiger partial charge in [0.2, 0.25) is 0 Å². The van der Waals surface area contributed by atoms with Gasteiger partial charge in [-0.3, -0.25) is 4.99 Å². The third kappa shape index (κ3) is 3.10. The zero-order chi connectivity index (χ0) is 31.5. The molecule has 1 nitrogen and oxygen atoms in total. The Morgan fingerprint density at radius 1 is 0.396 bits per heavy atom. The topological polar surface area (TPSA) is 12.4 Å². The Bertz CT molecular complexity index is 2440. The molecule has 4 aliphatic rings. The fourth-order valence-corrected chi connectivity index (χ4v) is 9.93. The van der Waals surface area contributed by atoms with E-state index in [-0.39, 0.29) is 0 Å². The summed E-state index contributed by atoms with van der Waals surface area (Å²) in [7, 11) is 0. The van der Waals surface area contributed by atoms with Crippen LogP contribution in [0.15, 0.2) is 169 Å². The smallest absolute Gasteiger partial charge is 0.0720 e. The fraction of sp³-hybridized carbons (Fsp3) is 0.0851. The van der Waals surface area contributed by atoms with Crippen molar-refractivity contribution in [1.82, 2.24) is 0 Å². The van der Waals surface area contributed by atoms with E-state index in [4.69, 9.17) is 4.99 Å². The Morgan fingerprint density at radius 3 is 1.33 bits per heavy atom. The minimum atomic E-state index is -0.451. The molecule has 7 aromatic carbocycles. The number of fused-ring (bicyclic) bond motifs is 17. The SMILES string of the molecule is c1ccc2c(c1)CC(Cc1ccc3c(c1)C1(c4ccccc4-3)c3ccccc3C3(c4ccccc4-c4ccccc43)c3ccccc31)=N2. The number of hydrogen-bond acceptors (Lipinski definition) is 1. The zero-order valence-corrected chi connectivity index (χ0v) is 26.4. The van der Waals surface area contributed by atoms with E-state index in [1.807, 2.05) is 0 Å². The van der Waals surface area contributed by atoms with E-state index in [9.17, 15) is 0 Å². The van der Waals surface area contributed by atoms with Crippen LogP contribution in [0, 0.1) is 0 Å². The maximum absolute atomic E-state index is 5.06. The van der Waals surface area contributed by atoms with Gasteiger partial charge in [-0.1, -0.05) is 158 Å². The first-order chi connectivity index (χ1) is 23.8. The van der Waals surface area contributed by atoms with Gasteiger partial charge in [-0.25, -0.2) is 0 Å². The second-order valence-electron chi connectivity index (χ2n) is 13.8. The van der Waals surface area contributed by atoms with Crippen molar-refractivity contribution in [1.29, 1.82) is 0 Å². The van der Waals surface area contributed by atoms with Crippen LogP contribution < -0.4 is 0 Å². The van der Waals surface area contributed by atoms with Gasteiger partial charge in [0.05, 0.1) is 16.5 Å². The number of aliphatic imine (C=N–C) groups is 1. The molecule has 0 unspecified atom stereocenters. The lowest BCUT2D eigenvalue weighted by molar-refractivity contribution is 0.632. The van der Waals surface area contributed by atoms with Crippen LogP contribution in [0.25, 0.3) is 22.3 Å². The molecule has 0 radical (unpaired) electrons. The van der Waals surface area contributed by atoms with Crippen LogP contribution in [0.2, 0.25) is 0 Å². The van der Waals surface area contributed by atoms with Gasteiger partial charge in [-0.05, 0) is 84.0 Å². The number of benzene rings is 7. The Balaban J connectivity index is 1.22. The van der Waals surface area contributed by atoms with Gasteiger partial charge in [0, 0.05) is 18.6 Å². The molecule has 3 aliphatic carbocycles. The standard InChI is InChI=1S/C47H31N/c1-12-24-45-31(13-1)29-32(48-45)27-30-25-26-36-35-16-4-7-19-39(35)47(44(36)28-30)42-22-10-8-20-40(42)46(41-21-9-11-23-43(41)47)37-17-5-2-14-33(37)34-15-3-6-18-38(34)46/h1-26,28H,27,29H2. The van der Waals surface area contributed by atoms with Gasteiger partial charge in [0.15, 0.2) is 0 Å². The van der Waals surface area contributed by atoms with Gasteiger partial charge in [0.1, 0.15) is 0 Å². The summed E-state index contributed by atoms with van der Waals surface area (Å²) >= 11 is 0. The molecule has 0 atom stereocenters. The predicted octanol–water partition coefficient (Wildman–Crippen LogP) is 10.6. The molecule has 2 spiro atoms. The number of rotatable bonds is 2. The van der Waals surface area contributed by atoms with Gasteiger partial charge >= 0.3 is 0 Å². The molecule has 1 heteroatoms. The largest absolute Gasteiger partial charge is 0.257 e.